The van der Waals surface area contributed by atoms with Crippen molar-refractivity contribution in [1.82, 2.24) is 0 Å². The molecule has 0 aliphatic heterocycles. The lowest BCUT2D eigenvalue weighted by molar-refractivity contribution is 0.104. The Balaban J connectivity index is 2.54. The Morgan fingerprint density at radius 3 is 2.37 bits per heavy atom. The number of ketones is 1. The first-order valence-corrected chi connectivity index (χ1v) is 6.74. The fraction of sp³-hybridized carbons (Fsp3) is 0.188. The number of hydrogen-bond donors (Lipinski definition) is 1. The maximum absolute atomic E-state index is 12.6. The first kappa shape index (κ1) is 12.2. The van der Waals surface area contributed by atoms with E-state index in [1.54, 1.807) is 0 Å². The molecule has 93 valence electrons. The van der Waals surface area contributed by atoms with E-state index in [2.05, 4.69) is 10.2 Å². The van der Waals surface area contributed by atoms with Crippen molar-refractivity contribution in [2.45, 2.75) is 20.8 Å². The Labute approximate surface area is 116 Å². The zero-order valence-corrected chi connectivity index (χ0v) is 12.2. The van der Waals surface area contributed by atoms with Crippen molar-refractivity contribution < 1.29 is 4.79 Å². The van der Waals surface area contributed by atoms with Gasteiger partial charge in [0.25, 0.3) is 0 Å². The Kier molecular flexibility index (Phi) is 2.44. The highest BCUT2D eigenvalue weighted by atomic mass is 28.1. The quantitative estimate of drug-likeness (QED) is 0.499. The van der Waals surface area contributed by atoms with Crippen molar-refractivity contribution in [3.05, 3.63) is 46.0 Å². The molecule has 0 aromatic heterocycles. The highest BCUT2D eigenvalue weighted by Gasteiger charge is 2.32. The van der Waals surface area contributed by atoms with E-state index in [-0.39, 0.29) is 5.78 Å². The van der Waals surface area contributed by atoms with Crippen LogP contribution >= 0.6 is 0 Å². The smallest absolute Gasteiger partial charge is 0.194 e. The van der Waals surface area contributed by atoms with Gasteiger partial charge in [-0.2, -0.15) is 0 Å². The van der Waals surface area contributed by atoms with E-state index >= 15 is 0 Å². The molecule has 0 spiro atoms. The van der Waals surface area contributed by atoms with Crippen molar-refractivity contribution in [3.8, 4) is 11.1 Å². The number of hydrogen-bond acceptors (Lipinski definition) is 2. The van der Waals surface area contributed by atoms with Crippen molar-refractivity contribution in [3.63, 3.8) is 0 Å². The summed E-state index contributed by atoms with van der Waals surface area (Å²) in [4.78, 5) is 12.6. The Morgan fingerprint density at radius 2 is 1.68 bits per heavy atom. The van der Waals surface area contributed by atoms with Gasteiger partial charge in [0.2, 0.25) is 0 Å². The molecule has 0 unspecified atom stereocenters. The summed E-state index contributed by atoms with van der Waals surface area (Å²) in [7, 11) is 3.60. The van der Waals surface area contributed by atoms with Crippen LogP contribution in [0, 0.1) is 20.8 Å². The molecule has 2 nitrogen and oxygen atoms in total. The van der Waals surface area contributed by atoms with Crippen molar-refractivity contribution in [2.24, 2.45) is 0 Å². The normalized spacial score (nSPS) is 12.5. The summed E-state index contributed by atoms with van der Waals surface area (Å²) in [5, 5.41) is 0.818. The molecule has 0 atom stereocenters. The zero-order valence-electron chi connectivity index (χ0n) is 11.2. The molecule has 2 N–H and O–H groups in total. The number of carbonyl (C=O) groups excluding carboxylic acids is 1. The van der Waals surface area contributed by atoms with Crippen molar-refractivity contribution in [1.29, 1.82) is 0 Å². The summed E-state index contributed by atoms with van der Waals surface area (Å²) in [5.74, 6) is 0.0879. The third-order valence-electron chi connectivity index (χ3n) is 4.05. The second-order valence-electron chi connectivity index (χ2n) is 5.12. The van der Waals surface area contributed by atoms with Crippen LogP contribution < -0.4 is 10.9 Å². The molecule has 3 rings (SSSR count). The fourth-order valence-electron chi connectivity index (χ4n) is 2.91. The average Bonchev–Trinajstić information content (AvgIpc) is 2.69. The summed E-state index contributed by atoms with van der Waals surface area (Å²) in [6.45, 7) is 5.96. The van der Waals surface area contributed by atoms with Crippen LogP contribution in [0.2, 0.25) is 0 Å². The summed E-state index contributed by atoms with van der Waals surface area (Å²) >= 11 is 0. The molecule has 0 amide bonds. The molecule has 1 aliphatic rings. The Hall–Kier alpha value is -1.87. The number of carbonyl (C=O) groups is 1. The van der Waals surface area contributed by atoms with Gasteiger partial charge >= 0.3 is 0 Å². The van der Waals surface area contributed by atoms with Gasteiger partial charge < -0.3 is 5.73 Å². The lowest BCUT2D eigenvalue weighted by atomic mass is 9.93. The number of anilines is 1. The second kappa shape index (κ2) is 3.81. The average molecular weight is 264 g/mol. The summed E-state index contributed by atoms with van der Waals surface area (Å²) < 4.78 is 0. The van der Waals surface area contributed by atoms with Crippen LogP contribution in [0.4, 0.5) is 5.69 Å². The lowest BCUT2D eigenvalue weighted by Crippen LogP contribution is -2.20. The fourth-order valence-corrected chi connectivity index (χ4v) is 3.29. The van der Waals surface area contributed by atoms with Crippen molar-refractivity contribution >= 4 is 26.9 Å². The van der Waals surface area contributed by atoms with E-state index in [0.717, 1.165) is 49.8 Å². The molecule has 0 bridgehead atoms. The van der Waals surface area contributed by atoms with E-state index in [1.807, 2.05) is 39.0 Å². The van der Waals surface area contributed by atoms with Crippen LogP contribution in [0.15, 0.2) is 18.2 Å². The molecule has 19 heavy (non-hydrogen) atoms. The van der Waals surface area contributed by atoms with Gasteiger partial charge in [-0.15, -0.1) is 0 Å². The van der Waals surface area contributed by atoms with Gasteiger partial charge in [-0.25, -0.2) is 0 Å². The third-order valence-corrected chi connectivity index (χ3v) is 4.68. The van der Waals surface area contributed by atoms with E-state index < -0.39 is 0 Å². The molecular weight excluding hydrogens is 250 g/mol. The molecule has 3 heteroatoms. The van der Waals surface area contributed by atoms with Crippen LogP contribution in [0.25, 0.3) is 11.1 Å². The number of rotatable bonds is 0. The minimum atomic E-state index is 0.0879. The second-order valence-corrected chi connectivity index (χ2v) is 5.62. The highest BCUT2D eigenvalue weighted by Crippen LogP contribution is 2.42. The van der Waals surface area contributed by atoms with E-state index in [1.165, 1.54) is 0 Å². The number of nitrogen functional groups attached to an aromatic ring is 1. The Morgan fingerprint density at radius 1 is 1.00 bits per heavy atom. The van der Waals surface area contributed by atoms with Crippen LogP contribution in [-0.2, 0) is 0 Å². The molecule has 0 heterocycles. The van der Waals surface area contributed by atoms with Crippen LogP contribution in [-0.4, -0.2) is 16.0 Å². The molecule has 2 aromatic rings. The van der Waals surface area contributed by atoms with Crippen LogP contribution in [0.3, 0.4) is 0 Å². The number of nitrogens with two attached hydrogens (primary N) is 1. The first-order chi connectivity index (χ1) is 8.95. The Bertz CT molecular complexity index is 747. The molecule has 0 saturated heterocycles. The summed E-state index contributed by atoms with van der Waals surface area (Å²) in [6.07, 6.45) is 0. The van der Waals surface area contributed by atoms with Crippen LogP contribution in [0.1, 0.15) is 32.6 Å². The lowest BCUT2D eigenvalue weighted by Gasteiger charge is -2.15. The highest BCUT2D eigenvalue weighted by molar-refractivity contribution is 6.42. The molecule has 2 aromatic carbocycles. The molecule has 0 saturated carbocycles. The minimum absolute atomic E-state index is 0.0879. The summed E-state index contributed by atoms with van der Waals surface area (Å²) in [6, 6.07) is 5.85. The zero-order chi connectivity index (χ0) is 13.9. The standard InChI is InChI=1S/C16H14NOSi/c1-7-5-4-6-10-11(7)12-8(2)14(17)9(3)16(19)13(12)15(10)18/h4-6H,17H2,1-3H3. The van der Waals surface area contributed by atoms with Gasteiger partial charge in [0.05, 0.1) is 10.2 Å². The number of benzene rings is 2. The van der Waals surface area contributed by atoms with E-state index in [9.17, 15) is 4.79 Å². The monoisotopic (exact) mass is 264 g/mol. The molecular formula is C16H14NOSi. The first-order valence-electron chi connectivity index (χ1n) is 6.24. The van der Waals surface area contributed by atoms with Gasteiger partial charge in [0, 0.05) is 16.8 Å². The molecule has 1 aliphatic carbocycles. The number of aryl methyl sites for hydroxylation is 1. The SMILES string of the molecule is Cc1cccc2c1-c1c(C)c(N)c(C)c([Si])c1C2=O. The van der Waals surface area contributed by atoms with Crippen molar-refractivity contribution in [2.75, 3.05) is 5.73 Å². The van der Waals surface area contributed by atoms with Crippen LogP contribution in [0.5, 0.6) is 0 Å². The largest absolute Gasteiger partial charge is 0.398 e. The maximum Gasteiger partial charge on any atom is 0.194 e. The molecule has 0 fully saturated rings. The van der Waals surface area contributed by atoms with Gasteiger partial charge in [-0.3, -0.25) is 4.79 Å². The van der Waals surface area contributed by atoms with Gasteiger partial charge in [0.15, 0.2) is 5.78 Å². The number of fused-ring (bicyclic) bond motifs is 3. The van der Waals surface area contributed by atoms with E-state index in [4.69, 9.17) is 5.73 Å². The van der Waals surface area contributed by atoms with Gasteiger partial charge in [-0.1, -0.05) is 23.4 Å². The predicted octanol–water partition coefficient (Wildman–Crippen LogP) is 2.20. The molecule has 3 radical (unpaired) electrons. The van der Waals surface area contributed by atoms with E-state index in [0.29, 0.717) is 0 Å². The summed E-state index contributed by atoms with van der Waals surface area (Å²) in [5.41, 5.74) is 13.5. The maximum atomic E-state index is 12.6. The van der Waals surface area contributed by atoms with Gasteiger partial charge in [-0.05, 0) is 48.6 Å². The van der Waals surface area contributed by atoms with Gasteiger partial charge in [0.1, 0.15) is 0 Å². The third kappa shape index (κ3) is 1.39. The topological polar surface area (TPSA) is 43.1 Å². The minimum Gasteiger partial charge on any atom is -0.398 e. The predicted molar refractivity (Wildman–Crippen MR) is 79.3 cm³/mol.